The molecule has 1 amide bonds. The fourth-order valence-corrected chi connectivity index (χ4v) is 1.67. The fraction of sp³-hybridized carbons (Fsp3) is 0.143. The Balaban J connectivity index is 2.11. The molecular formula is C14H16N4O2. The monoisotopic (exact) mass is 272 g/mol. The maximum Gasteiger partial charge on any atom is 0.257 e. The summed E-state index contributed by atoms with van der Waals surface area (Å²) in [6, 6.07) is 8.16. The van der Waals surface area contributed by atoms with Crippen molar-refractivity contribution in [2.24, 2.45) is 0 Å². The average molecular weight is 272 g/mol. The first-order chi connectivity index (χ1) is 9.60. The van der Waals surface area contributed by atoms with Gasteiger partial charge in [0.25, 0.3) is 5.91 Å². The Labute approximate surface area is 116 Å². The lowest BCUT2D eigenvalue weighted by Gasteiger charge is -2.08. The minimum absolute atomic E-state index is 0.312. The van der Waals surface area contributed by atoms with Crippen molar-refractivity contribution < 1.29 is 9.53 Å². The van der Waals surface area contributed by atoms with Crippen LogP contribution in [0.25, 0.3) is 0 Å². The van der Waals surface area contributed by atoms with Crippen molar-refractivity contribution in [3.05, 3.63) is 42.1 Å². The van der Waals surface area contributed by atoms with Gasteiger partial charge in [-0.3, -0.25) is 4.79 Å². The molecule has 0 aliphatic carbocycles. The van der Waals surface area contributed by atoms with E-state index in [0.29, 0.717) is 35.1 Å². The van der Waals surface area contributed by atoms with E-state index < -0.39 is 0 Å². The quantitative estimate of drug-likeness (QED) is 0.737. The van der Waals surface area contributed by atoms with Gasteiger partial charge in [0.1, 0.15) is 0 Å². The predicted molar refractivity (Wildman–Crippen MR) is 78.6 cm³/mol. The smallest absolute Gasteiger partial charge is 0.257 e. The molecule has 0 aliphatic rings. The van der Waals surface area contributed by atoms with Crippen molar-refractivity contribution in [1.82, 2.24) is 4.98 Å². The van der Waals surface area contributed by atoms with Crippen LogP contribution >= 0.6 is 0 Å². The molecule has 5 N–H and O–H groups in total. The van der Waals surface area contributed by atoms with Gasteiger partial charge in [-0.05, 0) is 31.2 Å². The van der Waals surface area contributed by atoms with Crippen LogP contribution in [0.3, 0.4) is 0 Å². The Morgan fingerprint density at radius 3 is 2.70 bits per heavy atom. The molecule has 6 nitrogen and oxygen atoms in total. The maximum absolute atomic E-state index is 12.1. The summed E-state index contributed by atoms with van der Waals surface area (Å²) >= 11 is 0. The van der Waals surface area contributed by atoms with Gasteiger partial charge in [-0.1, -0.05) is 0 Å². The van der Waals surface area contributed by atoms with E-state index in [9.17, 15) is 4.79 Å². The number of nitrogens with zero attached hydrogens (tertiary/aromatic N) is 1. The highest BCUT2D eigenvalue weighted by Gasteiger charge is 2.10. The molecule has 0 unspecified atom stereocenters. The third-order valence-corrected chi connectivity index (χ3v) is 2.61. The summed E-state index contributed by atoms with van der Waals surface area (Å²) in [7, 11) is 0. The van der Waals surface area contributed by atoms with Gasteiger partial charge in [0, 0.05) is 17.4 Å². The number of hydrogen-bond donors (Lipinski definition) is 3. The summed E-state index contributed by atoms with van der Waals surface area (Å²) in [6.45, 7) is 2.42. The van der Waals surface area contributed by atoms with Crippen molar-refractivity contribution >= 4 is 23.0 Å². The van der Waals surface area contributed by atoms with Crippen LogP contribution in [0.5, 0.6) is 5.88 Å². The van der Waals surface area contributed by atoms with E-state index >= 15 is 0 Å². The van der Waals surface area contributed by atoms with E-state index in [1.807, 2.05) is 6.92 Å². The molecule has 2 aromatic rings. The second-order valence-corrected chi connectivity index (χ2v) is 4.12. The molecule has 0 aliphatic heterocycles. The van der Waals surface area contributed by atoms with Crippen LogP contribution in [0.4, 0.5) is 17.1 Å². The summed E-state index contributed by atoms with van der Waals surface area (Å²) < 4.78 is 5.23. The topological polar surface area (TPSA) is 103 Å². The summed E-state index contributed by atoms with van der Waals surface area (Å²) in [5.41, 5.74) is 13.1. The largest absolute Gasteiger partial charge is 0.478 e. The predicted octanol–water partition coefficient (Wildman–Crippen LogP) is 1.90. The van der Waals surface area contributed by atoms with Crippen molar-refractivity contribution in [2.45, 2.75) is 6.92 Å². The Bertz CT molecular complexity index is 611. The summed E-state index contributed by atoms with van der Waals surface area (Å²) in [5.74, 6) is 0.200. The third kappa shape index (κ3) is 3.17. The molecule has 0 atom stereocenters. The van der Waals surface area contributed by atoms with Crippen molar-refractivity contribution in [2.75, 3.05) is 23.4 Å². The SMILES string of the molecule is CCOc1ccc(NC(=O)c2ccc(N)cc2N)cn1. The van der Waals surface area contributed by atoms with Crippen LogP contribution in [0, 0.1) is 0 Å². The lowest BCUT2D eigenvalue weighted by Crippen LogP contribution is -2.14. The fourth-order valence-electron chi connectivity index (χ4n) is 1.67. The molecule has 1 heterocycles. The highest BCUT2D eigenvalue weighted by Crippen LogP contribution is 2.18. The molecule has 1 aromatic heterocycles. The number of pyridine rings is 1. The average Bonchev–Trinajstić information content (AvgIpc) is 2.41. The van der Waals surface area contributed by atoms with Gasteiger partial charge < -0.3 is 21.5 Å². The first-order valence-electron chi connectivity index (χ1n) is 6.15. The number of rotatable bonds is 4. The zero-order valence-corrected chi connectivity index (χ0v) is 11.1. The number of nitrogens with two attached hydrogens (primary N) is 2. The van der Waals surface area contributed by atoms with Crippen LogP contribution < -0.4 is 21.5 Å². The molecule has 0 saturated heterocycles. The minimum atomic E-state index is -0.312. The summed E-state index contributed by atoms with van der Waals surface area (Å²) in [5, 5.41) is 2.71. The first kappa shape index (κ1) is 13.7. The zero-order valence-electron chi connectivity index (χ0n) is 11.1. The Kier molecular flexibility index (Phi) is 4.05. The number of carbonyl (C=O) groups excluding carboxylic acids is 1. The van der Waals surface area contributed by atoms with Gasteiger partial charge in [-0.25, -0.2) is 4.98 Å². The minimum Gasteiger partial charge on any atom is -0.478 e. The van der Waals surface area contributed by atoms with Gasteiger partial charge in [-0.2, -0.15) is 0 Å². The molecule has 20 heavy (non-hydrogen) atoms. The Hall–Kier alpha value is -2.76. The summed E-state index contributed by atoms with van der Waals surface area (Å²) in [6.07, 6.45) is 1.52. The number of carbonyl (C=O) groups is 1. The maximum atomic E-state index is 12.1. The second kappa shape index (κ2) is 5.92. The highest BCUT2D eigenvalue weighted by molar-refractivity contribution is 6.07. The first-order valence-corrected chi connectivity index (χ1v) is 6.15. The highest BCUT2D eigenvalue weighted by atomic mass is 16.5. The van der Waals surface area contributed by atoms with Gasteiger partial charge in [0.2, 0.25) is 5.88 Å². The molecule has 0 fully saturated rings. The van der Waals surface area contributed by atoms with Crippen LogP contribution in [-0.4, -0.2) is 17.5 Å². The van der Waals surface area contributed by atoms with Gasteiger partial charge in [0.05, 0.1) is 24.1 Å². The third-order valence-electron chi connectivity index (χ3n) is 2.61. The van der Waals surface area contributed by atoms with E-state index in [1.54, 1.807) is 30.3 Å². The van der Waals surface area contributed by atoms with Crippen molar-refractivity contribution in [3.63, 3.8) is 0 Å². The Morgan fingerprint density at radius 1 is 1.30 bits per heavy atom. The van der Waals surface area contributed by atoms with Gasteiger partial charge in [0.15, 0.2) is 0 Å². The molecule has 104 valence electrons. The molecule has 0 radical (unpaired) electrons. The van der Waals surface area contributed by atoms with E-state index in [2.05, 4.69) is 10.3 Å². The normalized spacial score (nSPS) is 10.1. The number of amides is 1. The molecule has 1 aromatic carbocycles. The number of benzene rings is 1. The van der Waals surface area contributed by atoms with Crippen molar-refractivity contribution in [3.8, 4) is 5.88 Å². The number of nitrogen functional groups attached to an aromatic ring is 2. The van der Waals surface area contributed by atoms with Crippen LogP contribution in [0.1, 0.15) is 17.3 Å². The van der Waals surface area contributed by atoms with E-state index in [-0.39, 0.29) is 5.91 Å². The Morgan fingerprint density at radius 2 is 2.10 bits per heavy atom. The molecule has 0 bridgehead atoms. The van der Waals surface area contributed by atoms with E-state index in [0.717, 1.165) is 0 Å². The lowest BCUT2D eigenvalue weighted by atomic mass is 10.1. The zero-order chi connectivity index (χ0) is 14.5. The van der Waals surface area contributed by atoms with Crippen molar-refractivity contribution in [1.29, 1.82) is 0 Å². The number of ether oxygens (including phenoxy) is 1. The number of nitrogens with one attached hydrogen (secondary N) is 1. The summed E-state index contributed by atoms with van der Waals surface area (Å²) in [4.78, 5) is 16.1. The van der Waals surface area contributed by atoms with E-state index in [4.69, 9.17) is 16.2 Å². The van der Waals surface area contributed by atoms with Gasteiger partial charge >= 0.3 is 0 Å². The number of hydrogen-bond acceptors (Lipinski definition) is 5. The number of anilines is 3. The lowest BCUT2D eigenvalue weighted by molar-refractivity contribution is 0.102. The van der Waals surface area contributed by atoms with E-state index in [1.165, 1.54) is 6.20 Å². The molecule has 0 saturated carbocycles. The molecule has 2 rings (SSSR count). The van der Waals surface area contributed by atoms with Crippen LogP contribution in [-0.2, 0) is 0 Å². The van der Waals surface area contributed by atoms with Crippen LogP contribution in [0.15, 0.2) is 36.5 Å². The van der Waals surface area contributed by atoms with Crippen LogP contribution in [0.2, 0.25) is 0 Å². The van der Waals surface area contributed by atoms with Gasteiger partial charge in [-0.15, -0.1) is 0 Å². The standard InChI is InChI=1S/C14H16N4O2/c1-2-20-13-6-4-10(8-17-13)18-14(19)11-5-3-9(15)7-12(11)16/h3-8H,2,15-16H2,1H3,(H,18,19). The molecule has 6 heteroatoms. The molecule has 0 spiro atoms. The number of aromatic nitrogens is 1. The second-order valence-electron chi connectivity index (χ2n) is 4.12. The molecular weight excluding hydrogens is 256 g/mol.